The van der Waals surface area contributed by atoms with Crippen molar-refractivity contribution >= 4 is 11.7 Å². The van der Waals surface area contributed by atoms with Gasteiger partial charge in [0.2, 0.25) is 5.91 Å². The van der Waals surface area contributed by atoms with E-state index < -0.39 is 0 Å². The molecule has 6 nitrogen and oxygen atoms in total. The summed E-state index contributed by atoms with van der Waals surface area (Å²) in [6, 6.07) is 0. The fourth-order valence-corrected chi connectivity index (χ4v) is 1.69. The van der Waals surface area contributed by atoms with Crippen LogP contribution in [0, 0.1) is 0 Å². The molecule has 0 aromatic carbocycles. The van der Waals surface area contributed by atoms with Crippen molar-refractivity contribution in [2.24, 2.45) is 0 Å². The Morgan fingerprint density at radius 2 is 1.85 bits per heavy atom. The van der Waals surface area contributed by atoms with Gasteiger partial charge in [-0.15, -0.1) is 0 Å². The fourth-order valence-electron chi connectivity index (χ4n) is 1.69. The molecule has 1 rings (SSSR count). The second kappa shape index (κ2) is 5.64. The summed E-state index contributed by atoms with van der Waals surface area (Å²) in [4.78, 5) is 27.9. The molecule has 20 heavy (non-hydrogen) atoms. The molecule has 0 aliphatic rings. The zero-order chi connectivity index (χ0) is 15.6. The largest absolute Gasteiger partial charge is 0.356 e. The molecule has 1 heterocycles. The van der Waals surface area contributed by atoms with E-state index in [0.29, 0.717) is 0 Å². The van der Waals surface area contributed by atoms with Crippen LogP contribution in [0.5, 0.6) is 0 Å². The molecule has 1 aromatic rings. The lowest BCUT2D eigenvalue weighted by Crippen LogP contribution is -2.44. The van der Waals surface area contributed by atoms with Crippen molar-refractivity contribution in [3.05, 3.63) is 22.7 Å². The summed E-state index contributed by atoms with van der Waals surface area (Å²) in [7, 11) is 0. The highest BCUT2D eigenvalue weighted by Gasteiger charge is 2.18. The van der Waals surface area contributed by atoms with E-state index in [9.17, 15) is 9.59 Å². The van der Waals surface area contributed by atoms with Crippen LogP contribution >= 0.6 is 0 Å². The van der Waals surface area contributed by atoms with E-state index in [1.807, 2.05) is 41.5 Å². The first-order valence-corrected chi connectivity index (χ1v) is 6.64. The van der Waals surface area contributed by atoms with E-state index in [1.54, 1.807) is 17.0 Å². The average molecular weight is 280 g/mol. The summed E-state index contributed by atoms with van der Waals surface area (Å²) in [6.07, 6.45) is 3.19. The van der Waals surface area contributed by atoms with E-state index in [4.69, 9.17) is 0 Å². The molecular weight excluding hydrogens is 256 g/mol. The molecule has 1 amide bonds. The van der Waals surface area contributed by atoms with Crippen LogP contribution in [0.3, 0.4) is 0 Å². The number of nitrogens with zero attached hydrogens (tertiary/aromatic N) is 2. The maximum Gasteiger partial charge on any atom is 0.293 e. The van der Waals surface area contributed by atoms with Crippen molar-refractivity contribution in [3.63, 3.8) is 0 Å². The molecule has 0 bridgehead atoms. The monoisotopic (exact) mass is 280 g/mol. The highest BCUT2D eigenvalue weighted by Crippen LogP contribution is 2.10. The van der Waals surface area contributed by atoms with Gasteiger partial charge in [-0.1, -0.05) is 0 Å². The van der Waals surface area contributed by atoms with Gasteiger partial charge in [-0.25, -0.2) is 4.98 Å². The van der Waals surface area contributed by atoms with Crippen LogP contribution in [0.4, 0.5) is 5.82 Å². The Bertz CT molecular complexity index is 535. The quantitative estimate of drug-likeness (QED) is 0.875. The molecule has 0 spiro atoms. The van der Waals surface area contributed by atoms with Gasteiger partial charge >= 0.3 is 0 Å². The predicted molar refractivity (Wildman–Crippen MR) is 79.9 cm³/mol. The Kier molecular flexibility index (Phi) is 4.57. The minimum Gasteiger partial charge on any atom is -0.356 e. The minimum atomic E-state index is -0.329. The van der Waals surface area contributed by atoms with Crippen LogP contribution in [-0.4, -0.2) is 27.5 Å². The Morgan fingerprint density at radius 1 is 1.25 bits per heavy atom. The number of carbonyl (C=O) groups excluding carboxylic acids is 1. The van der Waals surface area contributed by atoms with Crippen LogP contribution in [0.15, 0.2) is 17.2 Å². The number of nitrogens with one attached hydrogen (secondary N) is 2. The van der Waals surface area contributed by atoms with E-state index in [-0.39, 0.29) is 34.9 Å². The fraction of sp³-hybridized carbons (Fsp3) is 0.643. The highest BCUT2D eigenvalue weighted by atomic mass is 16.2. The van der Waals surface area contributed by atoms with Gasteiger partial charge in [0.15, 0.2) is 5.82 Å². The third kappa shape index (κ3) is 4.68. The lowest BCUT2D eigenvalue weighted by atomic mass is 10.1. The van der Waals surface area contributed by atoms with E-state index in [0.717, 1.165) is 0 Å². The maximum absolute atomic E-state index is 12.2. The molecule has 0 unspecified atom stereocenters. The number of carbonyl (C=O) groups is 1. The highest BCUT2D eigenvalue weighted by molar-refractivity contribution is 5.80. The van der Waals surface area contributed by atoms with E-state index in [2.05, 4.69) is 15.6 Å². The first-order valence-electron chi connectivity index (χ1n) is 6.64. The topological polar surface area (TPSA) is 76.0 Å². The SMILES string of the molecule is CC(C)(C)NC(=O)CNc1nccn(C(C)(C)C)c1=O. The van der Waals surface area contributed by atoms with Crippen LogP contribution in [-0.2, 0) is 10.3 Å². The average Bonchev–Trinajstić information content (AvgIpc) is 2.23. The van der Waals surface area contributed by atoms with Crippen LogP contribution in [0.25, 0.3) is 0 Å². The van der Waals surface area contributed by atoms with Crippen LogP contribution < -0.4 is 16.2 Å². The van der Waals surface area contributed by atoms with Crippen molar-refractivity contribution in [1.29, 1.82) is 0 Å². The number of hydrogen-bond acceptors (Lipinski definition) is 4. The van der Waals surface area contributed by atoms with Crippen LogP contribution in [0.1, 0.15) is 41.5 Å². The van der Waals surface area contributed by atoms with Crippen molar-refractivity contribution < 1.29 is 4.79 Å². The second-order valence-electron chi connectivity index (χ2n) is 6.77. The van der Waals surface area contributed by atoms with Gasteiger partial charge in [-0.2, -0.15) is 0 Å². The predicted octanol–water partition coefficient (Wildman–Crippen LogP) is 1.32. The van der Waals surface area contributed by atoms with Crippen molar-refractivity contribution in [2.45, 2.75) is 52.6 Å². The summed E-state index contributed by atoms with van der Waals surface area (Å²) < 4.78 is 1.59. The molecule has 0 saturated heterocycles. The Hall–Kier alpha value is -1.85. The lowest BCUT2D eigenvalue weighted by Gasteiger charge is -2.23. The zero-order valence-corrected chi connectivity index (χ0v) is 13.1. The van der Waals surface area contributed by atoms with Crippen molar-refractivity contribution in [2.75, 3.05) is 11.9 Å². The second-order valence-corrected chi connectivity index (χ2v) is 6.77. The number of hydrogen-bond donors (Lipinski definition) is 2. The van der Waals surface area contributed by atoms with Gasteiger partial charge < -0.3 is 15.2 Å². The lowest BCUT2D eigenvalue weighted by molar-refractivity contribution is -0.120. The molecule has 0 radical (unpaired) electrons. The zero-order valence-electron chi connectivity index (χ0n) is 13.1. The molecule has 0 aliphatic carbocycles. The van der Waals surface area contributed by atoms with Gasteiger partial charge in [0.05, 0.1) is 6.54 Å². The molecule has 0 atom stereocenters. The summed E-state index contributed by atoms with van der Waals surface area (Å²) in [5, 5.41) is 5.61. The van der Waals surface area contributed by atoms with Crippen molar-refractivity contribution in [1.82, 2.24) is 14.9 Å². The Labute approximate surface area is 119 Å². The standard InChI is InChI=1S/C14H24N4O2/c1-13(2,3)17-10(19)9-16-11-12(20)18(8-7-15-11)14(4,5)6/h7-8H,9H2,1-6H3,(H,15,16)(H,17,19). The van der Waals surface area contributed by atoms with E-state index in [1.165, 1.54) is 0 Å². The number of aromatic nitrogens is 2. The maximum atomic E-state index is 12.2. The molecule has 0 saturated carbocycles. The molecular formula is C14H24N4O2. The number of rotatable bonds is 3. The third-order valence-corrected chi connectivity index (χ3v) is 2.49. The molecule has 6 heteroatoms. The minimum absolute atomic E-state index is 0.0215. The number of anilines is 1. The summed E-state index contributed by atoms with van der Waals surface area (Å²) in [6.45, 7) is 11.5. The van der Waals surface area contributed by atoms with Gasteiger partial charge in [0, 0.05) is 23.5 Å². The van der Waals surface area contributed by atoms with Gasteiger partial charge in [-0.05, 0) is 41.5 Å². The van der Waals surface area contributed by atoms with E-state index >= 15 is 0 Å². The molecule has 112 valence electrons. The van der Waals surface area contributed by atoms with Gasteiger partial charge in [0.1, 0.15) is 0 Å². The molecule has 0 fully saturated rings. The summed E-state index contributed by atoms with van der Waals surface area (Å²) in [5.41, 5.74) is -0.859. The normalized spacial score (nSPS) is 12.1. The van der Waals surface area contributed by atoms with Gasteiger partial charge in [0.25, 0.3) is 5.56 Å². The third-order valence-electron chi connectivity index (χ3n) is 2.49. The Balaban J connectivity index is 2.80. The van der Waals surface area contributed by atoms with Crippen molar-refractivity contribution in [3.8, 4) is 0 Å². The van der Waals surface area contributed by atoms with Crippen LogP contribution in [0.2, 0.25) is 0 Å². The summed E-state index contributed by atoms with van der Waals surface area (Å²) >= 11 is 0. The molecule has 2 N–H and O–H groups in total. The first-order chi connectivity index (χ1) is 9.00. The molecule has 1 aromatic heterocycles. The Morgan fingerprint density at radius 3 is 2.35 bits per heavy atom. The number of amides is 1. The molecule has 0 aliphatic heterocycles. The van der Waals surface area contributed by atoms with Gasteiger partial charge in [-0.3, -0.25) is 9.59 Å². The summed E-state index contributed by atoms with van der Waals surface area (Å²) in [5.74, 6) is 0.0105. The first kappa shape index (κ1) is 16.2. The smallest absolute Gasteiger partial charge is 0.293 e.